The lowest BCUT2D eigenvalue weighted by Gasteiger charge is -2.09. The number of hydrogen-bond acceptors (Lipinski definition) is 5. The van der Waals surface area contributed by atoms with Crippen LogP contribution in [0.25, 0.3) is 17.0 Å². The summed E-state index contributed by atoms with van der Waals surface area (Å²) in [5, 5.41) is 5.54. The summed E-state index contributed by atoms with van der Waals surface area (Å²) in [6, 6.07) is 4.25. The topological polar surface area (TPSA) is 124 Å². The molecule has 0 spiro atoms. The molecule has 0 unspecified atom stereocenters. The number of benzene rings is 1. The molecule has 3 amide bonds. The summed E-state index contributed by atoms with van der Waals surface area (Å²) >= 11 is 6.26. The van der Waals surface area contributed by atoms with Crippen molar-refractivity contribution in [3.8, 4) is 11.3 Å². The third-order valence-corrected chi connectivity index (χ3v) is 3.74. The van der Waals surface area contributed by atoms with Crippen LogP contribution in [-0.4, -0.2) is 32.6 Å². The van der Waals surface area contributed by atoms with Gasteiger partial charge in [0, 0.05) is 23.6 Å². The molecule has 0 aliphatic rings. The highest BCUT2D eigenvalue weighted by Gasteiger charge is 2.12. The number of imidazole rings is 1. The van der Waals surface area contributed by atoms with Crippen LogP contribution in [0.15, 0.2) is 36.8 Å². The minimum atomic E-state index is -0.677. The van der Waals surface area contributed by atoms with Gasteiger partial charge in [-0.3, -0.25) is 9.72 Å². The number of urea groups is 1. The lowest BCUT2D eigenvalue weighted by molar-refractivity contribution is 0.130. The van der Waals surface area contributed by atoms with E-state index in [4.69, 9.17) is 22.1 Å². The third-order valence-electron chi connectivity index (χ3n) is 3.41. The number of ether oxygens (including phenoxy) is 1. The summed E-state index contributed by atoms with van der Waals surface area (Å²) in [7, 11) is 0. The maximum atomic E-state index is 11.7. The Morgan fingerprint density at radius 3 is 2.70 bits per heavy atom. The zero-order chi connectivity index (χ0) is 19.6. The number of nitrogens with zero attached hydrogens (tertiary/aromatic N) is 3. The molecule has 3 rings (SSSR count). The van der Waals surface area contributed by atoms with Crippen LogP contribution in [0.3, 0.4) is 0 Å². The van der Waals surface area contributed by atoms with Crippen LogP contribution in [0, 0.1) is 0 Å². The second kappa shape index (κ2) is 7.50. The Bertz CT molecular complexity index is 1020. The van der Waals surface area contributed by atoms with Crippen LogP contribution in [0.5, 0.6) is 0 Å². The largest absolute Gasteiger partial charge is 0.447 e. The van der Waals surface area contributed by atoms with Crippen LogP contribution in [0.2, 0.25) is 5.02 Å². The molecule has 2 aromatic heterocycles. The van der Waals surface area contributed by atoms with E-state index in [0.29, 0.717) is 33.4 Å². The van der Waals surface area contributed by atoms with Gasteiger partial charge in [-0.05, 0) is 32.0 Å². The maximum absolute atomic E-state index is 11.7. The van der Waals surface area contributed by atoms with Crippen molar-refractivity contribution >= 4 is 40.9 Å². The Balaban J connectivity index is 1.91. The molecule has 1 aromatic carbocycles. The Hall–Kier alpha value is -3.33. The minimum absolute atomic E-state index is 0.232. The van der Waals surface area contributed by atoms with E-state index in [1.54, 1.807) is 48.8 Å². The van der Waals surface area contributed by atoms with E-state index in [1.165, 1.54) is 6.20 Å². The molecule has 27 heavy (non-hydrogen) atoms. The number of amides is 3. The van der Waals surface area contributed by atoms with Crippen molar-refractivity contribution in [2.75, 3.05) is 10.6 Å². The van der Waals surface area contributed by atoms with E-state index in [1.807, 2.05) is 0 Å². The van der Waals surface area contributed by atoms with Gasteiger partial charge >= 0.3 is 12.1 Å². The van der Waals surface area contributed by atoms with Gasteiger partial charge in [0.2, 0.25) is 5.78 Å². The highest BCUT2D eigenvalue weighted by Crippen LogP contribution is 2.30. The summed E-state index contributed by atoms with van der Waals surface area (Å²) in [6.07, 6.45) is 4.03. The van der Waals surface area contributed by atoms with E-state index >= 15 is 0 Å². The zero-order valence-corrected chi connectivity index (χ0v) is 15.3. The van der Waals surface area contributed by atoms with Crippen molar-refractivity contribution < 1.29 is 14.3 Å². The number of carbonyl (C=O) groups is 2. The van der Waals surface area contributed by atoms with E-state index in [2.05, 4.69) is 20.6 Å². The molecule has 0 saturated carbocycles. The Morgan fingerprint density at radius 1 is 1.22 bits per heavy atom. The number of nitrogens with one attached hydrogen (secondary N) is 2. The van der Waals surface area contributed by atoms with Crippen LogP contribution < -0.4 is 16.4 Å². The SMILES string of the molecule is CC(C)OC(=O)Nc1cnc2nc(-c3cc(NC(N)=O)ccc3Cl)cn2c1. The third kappa shape index (κ3) is 4.45. The first kappa shape index (κ1) is 18.5. The molecule has 10 heteroatoms. The van der Waals surface area contributed by atoms with Crippen LogP contribution in [0.1, 0.15) is 13.8 Å². The van der Waals surface area contributed by atoms with Crippen LogP contribution >= 0.6 is 11.6 Å². The zero-order valence-electron chi connectivity index (χ0n) is 14.6. The maximum Gasteiger partial charge on any atom is 0.411 e. The number of fused-ring (bicyclic) bond motifs is 1. The molecule has 0 fully saturated rings. The predicted molar refractivity (Wildman–Crippen MR) is 102 cm³/mol. The molecule has 9 nitrogen and oxygen atoms in total. The minimum Gasteiger partial charge on any atom is -0.447 e. The van der Waals surface area contributed by atoms with E-state index in [9.17, 15) is 9.59 Å². The summed E-state index contributed by atoms with van der Waals surface area (Å²) in [5.74, 6) is 0.414. The Labute approximate surface area is 159 Å². The average Bonchev–Trinajstić information content (AvgIpc) is 2.98. The molecular formula is C17H17ClN6O3. The first-order chi connectivity index (χ1) is 12.8. The van der Waals surface area contributed by atoms with Crippen molar-refractivity contribution in [2.45, 2.75) is 20.0 Å². The molecule has 0 aliphatic heterocycles. The normalized spacial score (nSPS) is 10.8. The fourth-order valence-corrected chi connectivity index (χ4v) is 2.60. The monoisotopic (exact) mass is 388 g/mol. The molecule has 0 atom stereocenters. The molecule has 0 aliphatic carbocycles. The number of anilines is 2. The molecule has 0 bridgehead atoms. The molecule has 4 N–H and O–H groups in total. The van der Waals surface area contributed by atoms with Gasteiger partial charge in [-0.1, -0.05) is 11.6 Å². The van der Waals surface area contributed by atoms with Gasteiger partial charge < -0.3 is 15.8 Å². The van der Waals surface area contributed by atoms with Crippen LogP contribution in [-0.2, 0) is 4.74 Å². The van der Waals surface area contributed by atoms with E-state index in [0.717, 1.165) is 0 Å². The first-order valence-corrected chi connectivity index (χ1v) is 8.38. The van der Waals surface area contributed by atoms with Crippen LogP contribution in [0.4, 0.5) is 21.0 Å². The van der Waals surface area contributed by atoms with E-state index < -0.39 is 12.1 Å². The number of aromatic nitrogens is 3. The summed E-state index contributed by atoms with van der Waals surface area (Å²) < 4.78 is 6.68. The number of carbonyl (C=O) groups excluding carboxylic acids is 2. The van der Waals surface area contributed by atoms with Gasteiger partial charge in [0.05, 0.1) is 28.7 Å². The van der Waals surface area contributed by atoms with E-state index in [-0.39, 0.29) is 6.10 Å². The van der Waals surface area contributed by atoms with Gasteiger partial charge in [-0.25, -0.2) is 19.6 Å². The summed E-state index contributed by atoms with van der Waals surface area (Å²) in [4.78, 5) is 31.4. The fourth-order valence-electron chi connectivity index (χ4n) is 2.38. The molecule has 2 heterocycles. The summed E-state index contributed by atoms with van der Waals surface area (Å²) in [5.41, 5.74) is 7.23. The number of rotatable bonds is 4. The van der Waals surface area contributed by atoms with Gasteiger partial charge in [0.15, 0.2) is 0 Å². The highest BCUT2D eigenvalue weighted by atomic mass is 35.5. The Morgan fingerprint density at radius 2 is 2.00 bits per heavy atom. The number of hydrogen-bond donors (Lipinski definition) is 3. The second-order valence-electron chi connectivity index (χ2n) is 5.94. The number of halogens is 1. The molecule has 140 valence electrons. The number of primary amides is 1. The van der Waals surface area contributed by atoms with Gasteiger partial charge in [-0.15, -0.1) is 0 Å². The van der Waals surface area contributed by atoms with Crippen molar-refractivity contribution in [3.63, 3.8) is 0 Å². The summed E-state index contributed by atoms with van der Waals surface area (Å²) in [6.45, 7) is 3.52. The first-order valence-electron chi connectivity index (χ1n) is 8.00. The molecular weight excluding hydrogens is 372 g/mol. The second-order valence-corrected chi connectivity index (χ2v) is 6.35. The molecule has 0 radical (unpaired) electrons. The lowest BCUT2D eigenvalue weighted by atomic mass is 10.1. The predicted octanol–water partition coefficient (Wildman–Crippen LogP) is 3.50. The van der Waals surface area contributed by atoms with Crippen molar-refractivity contribution in [2.24, 2.45) is 5.73 Å². The fraction of sp³-hybridized carbons (Fsp3) is 0.176. The number of nitrogens with two attached hydrogens (primary N) is 1. The highest BCUT2D eigenvalue weighted by molar-refractivity contribution is 6.33. The quantitative estimate of drug-likeness (QED) is 0.631. The van der Waals surface area contributed by atoms with Crippen molar-refractivity contribution in [1.29, 1.82) is 0 Å². The van der Waals surface area contributed by atoms with Gasteiger partial charge in [-0.2, -0.15) is 0 Å². The van der Waals surface area contributed by atoms with Gasteiger partial charge in [0.25, 0.3) is 0 Å². The Kier molecular flexibility index (Phi) is 5.13. The smallest absolute Gasteiger partial charge is 0.411 e. The standard InChI is InChI=1S/C17H17ClN6O3/c1-9(2)27-17(26)22-11-6-20-16-23-14(8-24(16)7-11)12-5-10(21-15(19)25)3-4-13(12)18/h3-9H,1-2H3,(H,22,26)(H3,19,21,25). The van der Waals surface area contributed by atoms with Gasteiger partial charge in [0.1, 0.15) is 0 Å². The average molecular weight is 389 g/mol. The lowest BCUT2D eigenvalue weighted by Crippen LogP contribution is -2.19. The molecule has 0 saturated heterocycles. The van der Waals surface area contributed by atoms with Crippen molar-refractivity contribution in [3.05, 3.63) is 41.8 Å². The van der Waals surface area contributed by atoms with Crippen molar-refractivity contribution in [1.82, 2.24) is 14.4 Å². The molecule has 3 aromatic rings.